The molecule has 160 valence electrons. The number of ether oxygens (including phenoxy) is 1. The van der Waals surface area contributed by atoms with Crippen molar-refractivity contribution in [2.24, 2.45) is 5.10 Å². The molecule has 0 unspecified atom stereocenters. The van der Waals surface area contributed by atoms with E-state index in [1.807, 2.05) is 18.2 Å². The molecule has 0 aromatic heterocycles. The van der Waals surface area contributed by atoms with Gasteiger partial charge in [-0.2, -0.15) is 5.10 Å². The number of urea groups is 1. The van der Waals surface area contributed by atoms with Gasteiger partial charge < -0.3 is 15.0 Å². The summed E-state index contributed by atoms with van der Waals surface area (Å²) in [4.78, 5) is 14.5. The number of hydrogen-bond donors (Lipinski definition) is 2. The molecule has 2 aliphatic rings. The highest BCUT2D eigenvalue weighted by Gasteiger charge is 2.25. The Morgan fingerprint density at radius 3 is 2.52 bits per heavy atom. The van der Waals surface area contributed by atoms with Gasteiger partial charge in [-0.1, -0.05) is 41.9 Å². The lowest BCUT2D eigenvalue weighted by Crippen LogP contribution is -2.36. The predicted octanol–water partition coefficient (Wildman–Crippen LogP) is 4.91. The predicted molar refractivity (Wildman–Crippen MR) is 125 cm³/mol. The number of anilines is 1. The fourth-order valence-corrected chi connectivity index (χ4v) is 3.91. The number of halogens is 1. The number of carbonyl (C=O) groups excluding carboxylic acids is 1. The molecule has 0 radical (unpaired) electrons. The van der Waals surface area contributed by atoms with Gasteiger partial charge in [0, 0.05) is 29.5 Å². The summed E-state index contributed by atoms with van der Waals surface area (Å²) in [5, 5.41) is 7.55. The molecule has 0 saturated carbocycles. The molecule has 2 amide bonds. The summed E-state index contributed by atoms with van der Waals surface area (Å²) in [6.07, 6.45) is 5.83. The summed E-state index contributed by atoms with van der Waals surface area (Å²) >= 11 is 5.87. The van der Waals surface area contributed by atoms with E-state index in [0.717, 1.165) is 31.5 Å². The molecule has 31 heavy (non-hydrogen) atoms. The number of rotatable bonds is 5. The second kappa shape index (κ2) is 10.3. The van der Waals surface area contributed by atoms with Crippen molar-refractivity contribution in [3.63, 3.8) is 0 Å². The van der Waals surface area contributed by atoms with E-state index in [1.165, 1.54) is 16.8 Å². The second-order valence-electron chi connectivity index (χ2n) is 7.38. The normalized spacial score (nSPS) is 18.1. The van der Waals surface area contributed by atoms with Crippen molar-refractivity contribution < 1.29 is 9.53 Å². The number of amides is 2. The van der Waals surface area contributed by atoms with Gasteiger partial charge in [-0.25, -0.2) is 10.2 Å². The van der Waals surface area contributed by atoms with Crippen LogP contribution in [0.5, 0.6) is 0 Å². The molecule has 1 saturated heterocycles. The van der Waals surface area contributed by atoms with E-state index in [-0.39, 0.29) is 0 Å². The summed E-state index contributed by atoms with van der Waals surface area (Å²) < 4.78 is 5.53. The molecule has 2 aromatic carbocycles. The van der Waals surface area contributed by atoms with Gasteiger partial charge in [0.15, 0.2) is 0 Å². The Morgan fingerprint density at radius 2 is 1.77 bits per heavy atom. The molecule has 2 N–H and O–H groups in total. The van der Waals surface area contributed by atoms with Gasteiger partial charge in [0.1, 0.15) is 0 Å². The third-order valence-corrected chi connectivity index (χ3v) is 5.48. The number of allylic oxidation sites excluding steroid dienone is 2. The Morgan fingerprint density at radius 1 is 1.03 bits per heavy atom. The van der Waals surface area contributed by atoms with Crippen LogP contribution in [0.4, 0.5) is 10.5 Å². The lowest BCUT2D eigenvalue weighted by Gasteiger charge is -2.31. The smallest absolute Gasteiger partial charge is 0.339 e. The van der Waals surface area contributed by atoms with Crippen molar-refractivity contribution in [3.8, 4) is 0 Å². The minimum atomic E-state index is -0.398. The van der Waals surface area contributed by atoms with Gasteiger partial charge >= 0.3 is 6.03 Å². The summed E-state index contributed by atoms with van der Waals surface area (Å²) in [7, 11) is 0. The quantitative estimate of drug-likeness (QED) is 0.517. The van der Waals surface area contributed by atoms with E-state index in [1.54, 1.807) is 30.5 Å². The number of benzene rings is 2. The first kappa shape index (κ1) is 21.2. The van der Waals surface area contributed by atoms with Gasteiger partial charge in [-0.05, 0) is 59.9 Å². The summed E-state index contributed by atoms with van der Waals surface area (Å²) in [6.45, 7) is 3.13. The van der Waals surface area contributed by atoms with Crippen molar-refractivity contribution >= 4 is 35.6 Å². The Hall–Kier alpha value is -3.09. The van der Waals surface area contributed by atoms with Crippen LogP contribution in [0.25, 0.3) is 6.08 Å². The number of morpholine rings is 1. The minimum Gasteiger partial charge on any atom is -0.378 e. The fourth-order valence-electron chi connectivity index (χ4n) is 3.78. The van der Waals surface area contributed by atoms with Gasteiger partial charge in [0.25, 0.3) is 0 Å². The third kappa shape index (κ3) is 5.75. The molecule has 1 aliphatic carbocycles. The van der Waals surface area contributed by atoms with Gasteiger partial charge in [0.05, 0.1) is 19.4 Å². The van der Waals surface area contributed by atoms with E-state index in [9.17, 15) is 4.79 Å². The third-order valence-electron chi connectivity index (χ3n) is 5.23. The average molecular weight is 437 g/mol. The molecular formula is C24H25ClN4O2. The maximum absolute atomic E-state index is 12.1. The number of nitrogens with one attached hydrogen (secondary N) is 2. The highest BCUT2D eigenvalue weighted by atomic mass is 35.5. The standard InChI is InChI=1S/C24H25ClN4O2/c25-21-8-10-22(11-9-21)27-24(30)28-26-17-20-7-6-19(16-18-4-2-1-3-5-18)23(20)29-12-14-31-15-13-29/h1-5,8-11,16-17H,6-7,12-15H2,(H2,27,28,30). The minimum absolute atomic E-state index is 0.398. The Kier molecular flexibility index (Phi) is 7.02. The first-order chi connectivity index (χ1) is 15.2. The van der Waals surface area contributed by atoms with Gasteiger partial charge in [-0.3, -0.25) is 0 Å². The Labute approximate surface area is 187 Å². The maximum atomic E-state index is 12.1. The van der Waals surface area contributed by atoms with Crippen molar-refractivity contribution in [1.82, 2.24) is 10.3 Å². The van der Waals surface area contributed by atoms with E-state index in [0.29, 0.717) is 23.9 Å². The second-order valence-corrected chi connectivity index (χ2v) is 7.82. The monoisotopic (exact) mass is 436 g/mol. The zero-order valence-electron chi connectivity index (χ0n) is 17.2. The van der Waals surface area contributed by atoms with Gasteiger partial charge in [0.2, 0.25) is 0 Å². The van der Waals surface area contributed by atoms with Crippen molar-refractivity contribution in [2.45, 2.75) is 12.8 Å². The highest BCUT2D eigenvalue weighted by Crippen LogP contribution is 2.34. The van der Waals surface area contributed by atoms with Crippen molar-refractivity contribution in [2.75, 3.05) is 31.6 Å². The molecule has 7 heteroatoms. The molecule has 2 aromatic rings. The van der Waals surface area contributed by atoms with Crippen LogP contribution in [0, 0.1) is 0 Å². The van der Waals surface area contributed by atoms with Crippen LogP contribution in [0.2, 0.25) is 5.02 Å². The van der Waals surface area contributed by atoms with E-state index >= 15 is 0 Å². The zero-order chi connectivity index (χ0) is 21.5. The van der Waals surface area contributed by atoms with E-state index < -0.39 is 6.03 Å². The average Bonchev–Trinajstić information content (AvgIpc) is 3.19. The molecular weight excluding hydrogens is 412 g/mol. The van der Waals surface area contributed by atoms with Crippen LogP contribution in [0.1, 0.15) is 18.4 Å². The first-order valence-electron chi connectivity index (χ1n) is 10.4. The highest BCUT2D eigenvalue weighted by molar-refractivity contribution is 6.30. The van der Waals surface area contributed by atoms with Crippen molar-refractivity contribution in [1.29, 1.82) is 0 Å². The molecule has 6 nitrogen and oxygen atoms in total. The lowest BCUT2D eigenvalue weighted by molar-refractivity contribution is 0.0548. The molecule has 1 aliphatic heterocycles. The maximum Gasteiger partial charge on any atom is 0.339 e. The van der Waals surface area contributed by atoms with E-state index in [4.69, 9.17) is 16.3 Å². The summed E-state index contributed by atoms with van der Waals surface area (Å²) in [6, 6.07) is 16.9. The summed E-state index contributed by atoms with van der Waals surface area (Å²) in [5.41, 5.74) is 8.00. The molecule has 1 fully saturated rings. The topological polar surface area (TPSA) is 66.0 Å². The molecule has 0 atom stereocenters. The van der Waals surface area contributed by atoms with Gasteiger partial charge in [-0.15, -0.1) is 0 Å². The number of carbonyl (C=O) groups is 1. The van der Waals surface area contributed by atoms with Crippen LogP contribution >= 0.6 is 11.6 Å². The molecule has 0 bridgehead atoms. The van der Waals surface area contributed by atoms with Crippen LogP contribution < -0.4 is 10.7 Å². The van der Waals surface area contributed by atoms with Crippen molar-refractivity contribution in [3.05, 3.63) is 82.0 Å². The van der Waals surface area contributed by atoms with E-state index in [2.05, 4.69) is 39.0 Å². The summed E-state index contributed by atoms with van der Waals surface area (Å²) in [5.74, 6) is 0. The zero-order valence-corrected chi connectivity index (χ0v) is 17.9. The SMILES string of the molecule is O=C(NN=CC1=C(N2CCOCC2)C(=Cc2ccccc2)CC1)Nc1ccc(Cl)cc1. The molecule has 4 rings (SSSR count). The van der Waals surface area contributed by atoms with Crippen LogP contribution in [-0.4, -0.2) is 43.4 Å². The number of hydrogen-bond acceptors (Lipinski definition) is 4. The largest absolute Gasteiger partial charge is 0.378 e. The van der Waals surface area contributed by atoms with Crippen LogP contribution in [-0.2, 0) is 4.74 Å². The molecule has 0 spiro atoms. The molecule has 1 heterocycles. The lowest BCUT2D eigenvalue weighted by atomic mass is 10.1. The fraction of sp³-hybridized carbons (Fsp3) is 0.250. The van der Waals surface area contributed by atoms with Crippen LogP contribution in [0.15, 0.2) is 76.5 Å². The Balaban J connectivity index is 1.49. The number of hydrazone groups is 1. The van der Waals surface area contributed by atoms with Crippen LogP contribution in [0.3, 0.4) is 0 Å². The first-order valence-corrected chi connectivity index (χ1v) is 10.7. The number of nitrogens with zero attached hydrogens (tertiary/aromatic N) is 2. The Bertz CT molecular complexity index is 994.